The summed E-state index contributed by atoms with van der Waals surface area (Å²) in [6.45, 7) is 1.91. The average molecular weight is 470 g/mol. The Bertz CT molecular complexity index is 1050. The van der Waals surface area contributed by atoms with Crippen LogP contribution in [0.25, 0.3) is 0 Å². The molecule has 10 heteroatoms. The Morgan fingerprint density at radius 3 is 2.53 bits per heavy atom. The highest BCUT2D eigenvalue weighted by Crippen LogP contribution is 2.30. The second-order valence-electron chi connectivity index (χ2n) is 8.01. The van der Waals surface area contributed by atoms with E-state index < -0.39 is 23.5 Å². The molecule has 5 nitrogen and oxygen atoms in total. The fourth-order valence-electron chi connectivity index (χ4n) is 4.25. The van der Waals surface area contributed by atoms with Gasteiger partial charge in [-0.1, -0.05) is 17.7 Å². The van der Waals surface area contributed by atoms with Crippen LogP contribution in [0.1, 0.15) is 32.7 Å². The molecular weight excluding hydrogens is 450 g/mol. The van der Waals surface area contributed by atoms with Gasteiger partial charge in [0.1, 0.15) is 5.82 Å². The minimum absolute atomic E-state index is 0.00399. The van der Waals surface area contributed by atoms with Crippen LogP contribution in [0.15, 0.2) is 42.5 Å². The van der Waals surface area contributed by atoms with Crippen LogP contribution in [0.4, 0.5) is 17.6 Å². The molecule has 2 fully saturated rings. The number of benzene rings is 2. The molecule has 2 saturated heterocycles. The second kappa shape index (κ2) is 8.71. The number of amides is 2. The van der Waals surface area contributed by atoms with Crippen LogP contribution in [-0.2, 0) is 6.18 Å². The molecule has 0 saturated carbocycles. The van der Waals surface area contributed by atoms with Crippen LogP contribution < -0.4 is 5.32 Å². The Morgan fingerprint density at radius 1 is 1.03 bits per heavy atom. The number of carbonyl (C=O) groups excluding carboxylic acids is 2. The maximum absolute atomic E-state index is 13.3. The third-order valence-corrected chi connectivity index (χ3v) is 6.15. The third-order valence-electron chi connectivity index (χ3n) is 5.86. The van der Waals surface area contributed by atoms with Gasteiger partial charge in [-0.3, -0.25) is 14.5 Å². The first-order chi connectivity index (χ1) is 15.1. The van der Waals surface area contributed by atoms with Crippen LogP contribution in [0.5, 0.6) is 0 Å². The number of hydrogen-bond donors (Lipinski definition) is 1. The maximum Gasteiger partial charge on any atom is 0.416 e. The molecule has 2 aromatic carbocycles. The van der Waals surface area contributed by atoms with Gasteiger partial charge in [0, 0.05) is 49.4 Å². The average Bonchev–Trinajstić information content (AvgIpc) is 3.16. The van der Waals surface area contributed by atoms with E-state index in [9.17, 15) is 27.2 Å². The van der Waals surface area contributed by atoms with E-state index >= 15 is 0 Å². The molecule has 0 bridgehead atoms. The van der Waals surface area contributed by atoms with E-state index in [0.29, 0.717) is 32.6 Å². The van der Waals surface area contributed by atoms with E-state index in [1.807, 2.05) is 0 Å². The monoisotopic (exact) mass is 469 g/mol. The normalized spacial score (nSPS) is 21.3. The molecule has 170 valence electrons. The molecule has 4 rings (SSSR count). The Balaban J connectivity index is 1.38. The molecule has 2 aromatic rings. The first kappa shape index (κ1) is 22.5. The number of hydrogen-bond acceptors (Lipinski definition) is 3. The lowest BCUT2D eigenvalue weighted by atomic mass is 10.1. The van der Waals surface area contributed by atoms with Crippen molar-refractivity contribution in [3.63, 3.8) is 0 Å². The van der Waals surface area contributed by atoms with Gasteiger partial charge in [-0.25, -0.2) is 4.39 Å². The van der Waals surface area contributed by atoms with Crippen molar-refractivity contribution in [1.82, 2.24) is 15.1 Å². The first-order valence-corrected chi connectivity index (χ1v) is 10.5. The van der Waals surface area contributed by atoms with Crippen molar-refractivity contribution in [2.24, 2.45) is 0 Å². The van der Waals surface area contributed by atoms with Crippen LogP contribution in [-0.4, -0.2) is 59.9 Å². The van der Waals surface area contributed by atoms with Crippen molar-refractivity contribution >= 4 is 23.4 Å². The van der Waals surface area contributed by atoms with E-state index in [1.54, 1.807) is 4.90 Å². The highest BCUT2D eigenvalue weighted by molar-refractivity contribution is 6.31. The highest BCUT2D eigenvalue weighted by Gasteiger charge is 2.38. The Labute approximate surface area is 186 Å². The molecule has 1 N–H and O–H groups in total. The lowest BCUT2D eigenvalue weighted by molar-refractivity contribution is -0.137. The van der Waals surface area contributed by atoms with Gasteiger partial charge in [-0.2, -0.15) is 13.2 Å². The number of halogens is 5. The van der Waals surface area contributed by atoms with E-state index in [4.69, 9.17) is 11.6 Å². The molecule has 2 aliphatic heterocycles. The van der Waals surface area contributed by atoms with Crippen LogP contribution in [0.2, 0.25) is 5.02 Å². The van der Waals surface area contributed by atoms with Gasteiger partial charge < -0.3 is 10.2 Å². The number of nitrogens with zero attached hydrogens (tertiary/aromatic N) is 2. The van der Waals surface area contributed by atoms with Gasteiger partial charge in [0.15, 0.2) is 0 Å². The van der Waals surface area contributed by atoms with Crippen molar-refractivity contribution < 1.29 is 27.2 Å². The maximum atomic E-state index is 13.3. The van der Waals surface area contributed by atoms with Gasteiger partial charge in [0.2, 0.25) is 0 Å². The van der Waals surface area contributed by atoms with Crippen molar-refractivity contribution in [2.75, 3.05) is 26.2 Å². The highest BCUT2D eigenvalue weighted by atomic mass is 35.5. The Hall–Kier alpha value is -2.65. The summed E-state index contributed by atoms with van der Waals surface area (Å²) in [5.74, 6) is -1.41. The zero-order valence-electron chi connectivity index (χ0n) is 16.8. The molecule has 2 aliphatic rings. The number of fused-ring (bicyclic) bond motifs is 1. The van der Waals surface area contributed by atoms with Crippen LogP contribution in [0, 0.1) is 5.82 Å². The molecule has 0 radical (unpaired) electrons. The Morgan fingerprint density at radius 2 is 1.81 bits per heavy atom. The van der Waals surface area contributed by atoms with Gasteiger partial charge in [-0.15, -0.1) is 0 Å². The van der Waals surface area contributed by atoms with Gasteiger partial charge in [-0.05, 0) is 42.8 Å². The quantitative estimate of drug-likeness (QED) is 0.695. The van der Waals surface area contributed by atoms with Gasteiger partial charge in [0.05, 0.1) is 10.6 Å². The summed E-state index contributed by atoms with van der Waals surface area (Å²) < 4.78 is 52.2. The summed E-state index contributed by atoms with van der Waals surface area (Å²) in [6.07, 6.45) is -3.92. The van der Waals surface area contributed by atoms with Crippen molar-refractivity contribution in [3.8, 4) is 0 Å². The van der Waals surface area contributed by atoms with Crippen molar-refractivity contribution in [1.29, 1.82) is 0 Å². The summed E-state index contributed by atoms with van der Waals surface area (Å²) >= 11 is 5.74. The number of carbonyl (C=O) groups is 2. The zero-order valence-corrected chi connectivity index (χ0v) is 17.6. The standard InChI is InChI=1S/C22H20ClF4N3O2/c23-18-9-13(4-5-19(18)24)20(31)28-16-10-17-12-30(7-6-29(17)11-16)21(32)14-2-1-3-15(8-14)22(25,26)27/h1-5,8-9,16-17H,6-7,10-12H2,(H,28,31)/t16-,17-/m0/s1. The van der Waals surface area contributed by atoms with E-state index in [-0.39, 0.29) is 34.1 Å². The number of alkyl halides is 3. The number of piperazine rings is 1. The lowest BCUT2D eigenvalue weighted by Gasteiger charge is -2.37. The number of rotatable bonds is 3. The fourth-order valence-corrected chi connectivity index (χ4v) is 4.43. The summed E-state index contributed by atoms with van der Waals surface area (Å²) in [5, 5.41) is 2.77. The summed E-state index contributed by atoms with van der Waals surface area (Å²) in [7, 11) is 0. The zero-order chi connectivity index (χ0) is 23.0. The van der Waals surface area contributed by atoms with Crippen molar-refractivity contribution in [2.45, 2.75) is 24.7 Å². The summed E-state index contributed by atoms with van der Waals surface area (Å²) in [5.41, 5.74) is -0.599. The number of nitrogens with one attached hydrogen (secondary N) is 1. The second-order valence-corrected chi connectivity index (χ2v) is 8.42. The molecule has 0 aliphatic carbocycles. The lowest BCUT2D eigenvalue weighted by Crippen LogP contribution is -2.52. The van der Waals surface area contributed by atoms with Crippen LogP contribution in [0.3, 0.4) is 0 Å². The summed E-state index contributed by atoms with van der Waals surface area (Å²) in [4.78, 5) is 29.0. The molecule has 32 heavy (non-hydrogen) atoms. The van der Waals surface area contributed by atoms with Gasteiger partial charge >= 0.3 is 6.18 Å². The summed E-state index contributed by atoms with van der Waals surface area (Å²) in [6, 6.07) is 8.00. The van der Waals surface area contributed by atoms with E-state index in [2.05, 4.69) is 10.2 Å². The minimum Gasteiger partial charge on any atom is -0.348 e. The first-order valence-electron chi connectivity index (χ1n) is 10.1. The molecule has 0 spiro atoms. The van der Waals surface area contributed by atoms with Crippen LogP contribution >= 0.6 is 11.6 Å². The Kier molecular flexibility index (Phi) is 6.13. The van der Waals surface area contributed by atoms with E-state index in [1.165, 1.54) is 24.3 Å². The molecule has 0 unspecified atom stereocenters. The molecule has 2 atom stereocenters. The SMILES string of the molecule is O=C(N[C@H]1C[C@H]2CN(C(=O)c3cccc(C(F)(F)F)c3)CCN2C1)c1ccc(F)c(Cl)c1. The fraction of sp³-hybridized carbons (Fsp3) is 0.364. The molecule has 2 heterocycles. The predicted octanol–water partition coefficient (Wildman–Crippen LogP) is 3.83. The largest absolute Gasteiger partial charge is 0.416 e. The van der Waals surface area contributed by atoms with Crippen molar-refractivity contribution in [3.05, 3.63) is 70.0 Å². The predicted molar refractivity (Wildman–Crippen MR) is 110 cm³/mol. The van der Waals surface area contributed by atoms with E-state index in [0.717, 1.165) is 18.2 Å². The molecular formula is C22H20ClF4N3O2. The minimum atomic E-state index is -4.51. The molecule has 0 aromatic heterocycles. The smallest absolute Gasteiger partial charge is 0.348 e. The molecule has 2 amide bonds. The third kappa shape index (κ3) is 4.73. The van der Waals surface area contributed by atoms with Gasteiger partial charge in [0.25, 0.3) is 11.8 Å². The topological polar surface area (TPSA) is 52.7 Å².